The summed E-state index contributed by atoms with van der Waals surface area (Å²) in [6.07, 6.45) is 0. The van der Waals surface area contributed by atoms with E-state index in [9.17, 15) is 9.90 Å². The van der Waals surface area contributed by atoms with Gasteiger partial charge in [0.25, 0.3) is 5.91 Å². The van der Waals surface area contributed by atoms with Crippen LogP contribution in [0.15, 0.2) is 54.6 Å². The number of aryl methyl sites for hydroxylation is 4. The second-order valence-corrected chi connectivity index (χ2v) is 6.75. The van der Waals surface area contributed by atoms with Crippen LogP contribution in [0.2, 0.25) is 0 Å². The van der Waals surface area contributed by atoms with E-state index in [1.165, 1.54) is 0 Å². The van der Waals surface area contributed by atoms with Crippen LogP contribution >= 0.6 is 0 Å². The van der Waals surface area contributed by atoms with Crippen LogP contribution in [-0.2, 0) is 0 Å². The monoisotopic (exact) mass is 345 g/mol. The largest absolute Gasteiger partial charge is 0.508 e. The topological polar surface area (TPSA) is 49.3 Å². The number of phenols is 1. The quantitative estimate of drug-likeness (QED) is 0.654. The van der Waals surface area contributed by atoms with Gasteiger partial charge in [0.1, 0.15) is 5.75 Å². The standard InChI is InChI=1S/C23H23NO2/c1-14-6-5-7-15(2)22(14)24-23(26)21-16(3)12-19(13-17(21)4)18-8-10-20(25)11-9-18/h5-13,25H,1-4H3,(H,24,26). The lowest BCUT2D eigenvalue weighted by atomic mass is 9.95. The molecular weight excluding hydrogens is 322 g/mol. The molecule has 0 aromatic heterocycles. The van der Waals surface area contributed by atoms with Gasteiger partial charge in [-0.05, 0) is 73.2 Å². The van der Waals surface area contributed by atoms with Crippen LogP contribution in [0, 0.1) is 27.7 Å². The Bertz CT molecular complexity index is 929. The molecule has 0 atom stereocenters. The molecule has 3 aromatic carbocycles. The van der Waals surface area contributed by atoms with Crippen molar-refractivity contribution in [2.24, 2.45) is 0 Å². The van der Waals surface area contributed by atoms with E-state index in [-0.39, 0.29) is 11.7 Å². The maximum atomic E-state index is 12.9. The Hall–Kier alpha value is -3.07. The molecule has 0 saturated carbocycles. The number of amides is 1. The number of hydrogen-bond acceptors (Lipinski definition) is 2. The number of rotatable bonds is 3. The molecule has 0 aliphatic carbocycles. The third-order valence-corrected chi connectivity index (χ3v) is 4.68. The van der Waals surface area contributed by atoms with E-state index in [0.29, 0.717) is 5.56 Å². The number of aromatic hydroxyl groups is 1. The Labute approximate surface area is 154 Å². The summed E-state index contributed by atoms with van der Waals surface area (Å²) in [5.74, 6) is 0.154. The molecule has 132 valence electrons. The van der Waals surface area contributed by atoms with E-state index in [4.69, 9.17) is 0 Å². The van der Waals surface area contributed by atoms with Gasteiger partial charge in [0.2, 0.25) is 0 Å². The Morgan fingerprint density at radius 3 is 1.85 bits per heavy atom. The molecule has 0 fully saturated rings. The molecule has 3 nitrogen and oxygen atoms in total. The smallest absolute Gasteiger partial charge is 0.256 e. The van der Waals surface area contributed by atoms with Crippen molar-refractivity contribution < 1.29 is 9.90 Å². The molecule has 0 bridgehead atoms. The first-order valence-electron chi connectivity index (χ1n) is 8.65. The summed E-state index contributed by atoms with van der Waals surface area (Å²) >= 11 is 0. The molecule has 0 aliphatic heterocycles. The van der Waals surface area contributed by atoms with Gasteiger partial charge in [0, 0.05) is 11.3 Å². The minimum atomic E-state index is -0.0883. The molecule has 3 aromatic rings. The molecule has 0 aliphatic rings. The number of para-hydroxylation sites is 1. The molecule has 0 saturated heterocycles. The number of anilines is 1. The van der Waals surface area contributed by atoms with Crippen molar-refractivity contribution in [2.75, 3.05) is 5.32 Å². The van der Waals surface area contributed by atoms with Crippen molar-refractivity contribution in [3.05, 3.63) is 82.4 Å². The van der Waals surface area contributed by atoms with Crippen LogP contribution < -0.4 is 5.32 Å². The van der Waals surface area contributed by atoms with Crippen molar-refractivity contribution in [3.8, 4) is 16.9 Å². The van der Waals surface area contributed by atoms with Gasteiger partial charge in [-0.2, -0.15) is 0 Å². The summed E-state index contributed by atoms with van der Waals surface area (Å²) in [4.78, 5) is 12.9. The third kappa shape index (κ3) is 3.47. The zero-order chi connectivity index (χ0) is 18.8. The number of benzene rings is 3. The summed E-state index contributed by atoms with van der Waals surface area (Å²) in [6, 6.07) is 17.1. The molecule has 26 heavy (non-hydrogen) atoms. The highest BCUT2D eigenvalue weighted by atomic mass is 16.3. The number of carbonyl (C=O) groups excluding carboxylic acids is 1. The minimum absolute atomic E-state index is 0.0883. The summed E-state index contributed by atoms with van der Waals surface area (Å²) in [6.45, 7) is 7.90. The molecule has 3 heteroatoms. The second kappa shape index (κ2) is 7.04. The highest BCUT2D eigenvalue weighted by Crippen LogP contribution is 2.28. The number of carbonyl (C=O) groups is 1. The zero-order valence-electron chi connectivity index (χ0n) is 15.6. The first-order valence-corrected chi connectivity index (χ1v) is 8.65. The molecule has 0 heterocycles. The fourth-order valence-electron chi connectivity index (χ4n) is 3.33. The van der Waals surface area contributed by atoms with Crippen molar-refractivity contribution in [1.82, 2.24) is 0 Å². The summed E-state index contributed by atoms with van der Waals surface area (Å²) < 4.78 is 0. The van der Waals surface area contributed by atoms with Gasteiger partial charge >= 0.3 is 0 Å². The van der Waals surface area contributed by atoms with Crippen molar-refractivity contribution in [1.29, 1.82) is 0 Å². The van der Waals surface area contributed by atoms with Crippen molar-refractivity contribution in [2.45, 2.75) is 27.7 Å². The fourth-order valence-corrected chi connectivity index (χ4v) is 3.33. The van der Waals surface area contributed by atoms with E-state index in [1.807, 2.05) is 70.2 Å². The average molecular weight is 345 g/mol. The van der Waals surface area contributed by atoms with Gasteiger partial charge < -0.3 is 10.4 Å². The minimum Gasteiger partial charge on any atom is -0.508 e. The Morgan fingerprint density at radius 2 is 1.31 bits per heavy atom. The summed E-state index contributed by atoms with van der Waals surface area (Å²) in [5, 5.41) is 12.5. The van der Waals surface area contributed by atoms with E-state index in [0.717, 1.165) is 39.1 Å². The predicted octanol–water partition coefficient (Wildman–Crippen LogP) is 5.55. The predicted molar refractivity (Wildman–Crippen MR) is 107 cm³/mol. The lowest BCUT2D eigenvalue weighted by molar-refractivity contribution is 0.102. The van der Waals surface area contributed by atoms with Crippen LogP contribution in [0.1, 0.15) is 32.6 Å². The van der Waals surface area contributed by atoms with Gasteiger partial charge in [0.05, 0.1) is 0 Å². The maximum Gasteiger partial charge on any atom is 0.256 e. The first kappa shape index (κ1) is 17.7. The van der Waals surface area contributed by atoms with E-state index in [2.05, 4.69) is 5.32 Å². The Balaban J connectivity index is 1.95. The Morgan fingerprint density at radius 1 is 0.769 bits per heavy atom. The lowest BCUT2D eigenvalue weighted by Gasteiger charge is -2.15. The van der Waals surface area contributed by atoms with E-state index >= 15 is 0 Å². The zero-order valence-corrected chi connectivity index (χ0v) is 15.6. The first-order chi connectivity index (χ1) is 12.4. The lowest BCUT2D eigenvalue weighted by Crippen LogP contribution is -2.16. The van der Waals surface area contributed by atoms with Crippen LogP contribution in [0.5, 0.6) is 5.75 Å². The fraction of sp³-hybridized carbons (Fsp3) is 0.174. The van der Waals surface area contributed by atoms with E-state index < -0.39 is 0 Å². The van der Waals surface area contributed by atoms with Crippen LogP contribution in [-0.4, -0.2) is 11.0 Å². The van der Waals surface area contributed by atoms with Crippen molar-refractivity contribution in [3.63, 3.8) is 0 Å². The van der Waals surface area contributed by atoms with Gasteiger partial charge in [-0.25, -0.2) is 0 Å². The molecule has 0 spiro atoms. The normalized spacial score (nSPS) is 10.6. The second-order valence-electron chi connectivity index (χ2n) is 6.75. The average Bonchev–Trinajstić information content (AvgIpc) is 2.58. The van der Waals surface area contributed by atoms with Gasteiger partial charge in [-0.3, -0.25) is 4.79 Å². The third-order valence-electron chi connectivity index (χ3n) is 4.68. The summed E-state index contributed by atoms with van der Waals surface area (Å²) in [5.41, 5.74) is 7.57. The van der Waals surface area contributed by atoms with Crippen LogP contribution in [0.25, 0.3) is 11.1 Å². The summed E-state index contributed by atoms with van der Waals surface area (Å²) in [7, 11) is 0. The molecule has 1 amide bonds. The van der Waals surface area contributed by atoms with Gasteiger partial charge in [0.15, 0.2) is 0 Å². The molecule has 0 radical (unpaired) electrons. The number of nitrogens with one attached hydrogen (secondary N) is 1. The number of phenolic OH excluding ortho intramolecular Hbond substituents is 1. The van der Waals surface area contributed by atoms with Crippen LogP contribution in [0.4, 0.5) is 5.69 Å². The molecule has 2 N–H and O–H groups in total. The van der Waals surface area contributed by atoms with Crippen molar-refractivity contribution >= 4 is 11.6 Å². The van der Waals surface area contributed by atoms with E-state index in [1.54, 1.807) is 12.1 Å². The van der Waals surface area contributed by atoms with Gasteiger partial charge in [-0.15, -0.1) is 0 Å². The SMILES string of the molecule is Cc1cccc(C)c1NC(=O)c1c(C)cc(-c2ccc(O)cc2)cc1C. The highest BCUT2D eigenvalue weighted by Gasteiger charge is 2.16. The Kier molecular flexibility index (Phi) is 4.81. The van der Waals surface area contributed by atoms with Crippen LogP contribution in [0.3, 0.4) is 0 Å². The van der Waals surface area contributed by atoms with Gasteiger partial charge in [-0.1, -0.05) is 42.5 Å². The molecule has 3 rings (SSSR count). The molecule has 0 unspecified atom stereocenters. The molecular formula is C23H23NO2. The number of hydrogen-bond donors (Lipinski definition) is 2. The maximum absolute atomic E-state index is 12.9. The highest BCUT2D eigenvalue weighted by molar-refractivity contribution is 6.07.